The first kappa shape index (κ1) is 13.4. The van der Waals surface area contributed by atoms with Crippen LogP contribution in [0.25, 0.3) is 0 Å². The van der Waals surface area contributed by atoms with Crippen molar-refractivity contribution in [3.05, 3.63) is 63.9 Å². The molecule has 1 N–H and O–H groups in total. The number of benzene rings is 2. The summed E-state index contributed by atoms with van der Waals surface area (Å²) in [5.74, 6) is -0.355. The molecule has 0 aromatic heterocycles. The number of rotatable bonds is 3. The predicted octanol–water partition coefficient (Wildman–Crippen LogP) is 4.27. The van der Waals surface area contributed by atoms with Gasteiger partial charge in [-0.25, -0.2) is 4.39 Å². The number of nitrogens with zero attached hydrogens (tertiary/aromatic N) is 1. The fourth-order valence-corrected chi connectivity index (χ4v) is 2.08. The van der Waals surface area contributed by atoms with Crippen molar-refractivity contribution in [3.63, 3.8) is 0 Å². The molecule has 0 aliphatic rings. The number of aryl methyl sites for hydroxylation is 1. The highest BCUT2D eigenvalue weighted by molar-refractivity contribution is 6.31. The average Bonchev–Trinajstić information content (AvgIpc) is 2.38. The smallest absolute Gasteiger partial charge is 0.129 e. The van der Waals surface area contributed by atoms with E-state index < -0.39 is 0 Å². The van der Waals surface area contributed by atoms with Crippen LogP contribution in [0, 0.1) is 24.1 Å². The SMILES string of the molecule is Cc1cccc(NCc2c(F)cccc2Cl)c1C#N. The lowest BCUT2D eigenvalue weighted by Gasteiger charge is -2.11. The molecular formula is C15H12ClFN2. The molecule has 2 nitrogen and oxygen atoms in total. The monoisotopic (exact) mass is 274 g/mol. The summed E-state index contributed by atoms with van der Waals surface area (Å²) in [6, 6.07) is 12.2. The van der Waals surface area contributed by atoms with Crippen molar-refractivity contribution >= 4 is 17.3 Å². The molecule has 0 unspecified atom stereocenters. The van der Waals surface area contributed by atoms with Gasteiger partial charge in [0, 0.05) is 17.1 Å². The molecule has 0 bridgehead atoms. The minimum absolute atomic E-state index is 0.240. The van der Waals surface area contributed by atoms with E-state index in [4.69, 9.17) is 16.9 Å². The van der Waals surface area contributed by atoms with Crippen molar-refractivity contribution in [1.82, 2.24) is 0 Å². The molecule has 0 saturated carbocycles. The van der Waals surface area contributed by atoms with Crippen LogP contribution in [0.2, 0.25) is 5.02 Å². The Hall–Kier alpha value is -2.05. The fourth-order valence-electron chi connectivity index (χ4n) is 1.85. The minimum Gasteiger partial charge on any atom is -0.380 e. The van der Waals surface area contributed by atoms with Gasteiger partial charge in [-0.3, -0.25) is 0 Å². The second-order valence-electron chi connectivity index (χ2n) is 4.16. The van der Waals surface area contributed by atoms with E-state index in [1.807, 2.05) is 19.1 Å². The van der Waals surface area contributed by atoms with Gasteiger partial charge in [-0.05, 0) is 30.7 Å². The third-order valence-corrected chi connectivity index (χ3v) is 3.26. The van der Waals surface area contributed by atoms with Crippen molar-refractivity contribution in [3.8, 4) is 6.07 Å². The Balaban J connectivity index is 2.25. The highest BCUT2D eigenvalue weighted by Crippen LogP contribution is 2.23. The molecule has 0 radical (unpaired) electrons. The average molecular weight is 275 g/mol. The molecule has 0 aliphatic heterocycles. The van der Waals surface area contributed by atoms with Gasteiger partial charge in [0.15, 0.2) is 0 Å². The number of nitrogens with one attached hydrogen (secondary N) is 1. The summed E-state index contributed by atoms with van der Waals surface area (Å²) in [7, 11) is 0. The largest absolute Gasteiger partial charge is 0.380 e. The topological polar surface area (TPSA) is 35.8 Å². The molecular weight excluding hydrogens is 263 g/mol. The lowest BCUT2D eigenvalue weighted by Crippen LogP contribution is -2.04. The summed E-state index contributed by atoms with van der Waals surface area (Å²) in [6.45, 7) is 2.10. The molecule has 4 heteroatoms. The van der Waals surface area contributed by atoms with E-state index in [1.165, 1.54) is 6.07 Å². The van der Waals surface area contributed by atoms with Gasteiger partial charge in [-0.2, -0.15) is 5.26 Å². The molecule has 2 aromatic carbocycles. The lowest BCUT2D eigenvalue weighted by atomic mass is 10.1. The third-order valence-electron chi connectivity index (χ3n) is 2.90. The zero-order valence-corrected chi connectivity index (χ0v) is 11.1. The highest BCUT2D eigenvalue weighted by atomic mass is 35.5. The summed E-state index contributed by atoms with van der Waals surface area (Å²) >= 11 is 5.96. The Kier molecular flexibility index (Phi) is 4.03. The standard InChI is InChI=1S/C15H12ClFN2/c1-10-4-2-7-15(11(10)8-18)19-9-12-13(16)5-3-6-14(12)17/h2-7,19H,9H2,1H3. The van der Waals surface area contributed by atoms with E-state index in [1.54, 1.807) is 18.2 Å². The first-order valence-corrected chi connectivity index (χ1v) is 6.17. The summed E-state index contributed by atoms with van der Waals surface area (Å²) in [4.78, 5) is 0. The molecule has 2 rings (SSSR count). The maximum Gasteiger partial charge on any atom is 0.129 e. The Morgan fingerprint density at radius 3 is 2.68 bits per heavy atom. The van der Waals surface area contributed by atoms with Gasteiger partial charge in [0.05, 0.1) is 11.3 Å². The van der Waals surface area contributed by atoms with E-state index in [0.717, 1.165) is 5.56 Å². The van der Waals surface area contributed by atoms with Gasteiger partial charge in [0.1, 0.15) is 11.9 Å². The Morgan fingerprint density at radius 1 is 1.26 bits per heavy atom. The molecule has 0 aliphatic carbocycles. The number of hydrogen-bond acceptors (Lipinski definition) is 2. The zero-order chi connectivity index (χ0) is 13.8. The quantitative estimate of drug-likeness (QED) is 0.907. The third kappa shape index (κ3) is 2.86. The van der Waals surface area contributed by atoms with Crippen molar-refractivity contribution < 1.29 is 4.39 Å². The first-order valence-electron chi connectivity index (χ1n) is 5.80. The summed E-state index contributed by atoms with van der Waals surface area (Å²) in [5.41, 5.74) is 2.53. The molecule has 0 heterocycles. The molecule has 0 saturated heterocycles. The van der Waals surface area contributed by atoms with Crippen LogP contribution in [0.3, 0.4) is 0 Å². The van der Waals surface area contributed by atoms with Crippen LogP contribution in [-0.4, -0.2) is 0 Å². The van der Waals surface area contributed by atoms with Gasteiger partial charge in [-0.15, -0.1) is 0 Å². The molecule has 0 fully saturated rings. The van der Waals surface area contributed by atoms with Crippen LogP contribution in [-0.2, 0) is 6.54 Å². The first-order chi connectivity index (χ1) is 9.13. The summed E-state index contributed by atoms with van der Waals surface area (Å²) in [5, 5.41) is 12.5. The molecule has 0 spiro atoms. The number of halogens is 2. The summed E-state index contributed by atoms with van der Waals surface area (Å²) in [6.07, 6.45) is 0. The van der Waals surface area contributed by atoms with Gasteiger partial charge in [0.25, 0.3) is 0 Å². The van der Waals surface area contributed by atoms with Crippen molar-refractivity contribution in [2.24, 2.45) is 0 Å². The fraction of sp³-hybridized carbons (Fsp3) is 0.133. The van der Waals surface area contributed by atoms with Crippen molar-refractivity contribution in [2.75, 3.05) is 5.32 Å². The molecule has 96 valence electrons. The van der Waals surface area contributed by atoms with Gasteiger partial charge >= 0.3 is 0 Å². The van der Waals surface area contributed by atoms with Crippen LogP contribution in [0.5, 0.6) is 0 Å². The maximum absolute atomic E-state index is 13.6. The zero-order valence-electron chi connectivity index (χ0n) is 10.4. The van der Waals surface area contributed by atoms with Crippen LogP contribution >= 0.6 is 11.6 Å². The normalized spacial score (nSPS) is 10.0. The van der Waals surface area contributed by atoms with Gasteiger partial charge in [0.2, 0.25) is 0 Å². The molecule has 19 heavy (non-hydrogen) atoms. The maximum atomic E-state index is 13.6. The molecule has 0 atom stereocenters. The second-order valence-corrected chi connectivity index (χ2v) is 4.57. The van der Waals surface area contributed by atoms with Crippen LogP contribution in [0.1, 0.15) is 16.7 Å². The van der Waals surface area contributed by atoms with E-state index in [2.05, 4.69) is 11.4 Å². The Morgan fingerprint density at radius 2 is 2.00 bits per heavy atom. The highest BCUT2D eigenvalue weighted by Gasteiger charge is 2.09. The van der Waals surface area contributed by atoms with Crippen molar-refractivity contribution in [2.45, 2.75) is 13.5 Å². The lowest BCUT2D eigenvalue weighted by molar-refractivity contribution is 0.613. The van der Waals surface area contributed by atoms with Crippen molar-refractivity contribution in [1.29, 1.82) is 5.26 Å². The molecule has 0 amide bonds. The van der Waals surface area contributed by atoms with Gasteiger partial charge < -0.3 is 5.32 Å². The summed E-state index contributed by atoms with van der Waals surface area (Å²) < 4.78 is 13.6. The van der Waals surface area contributed by atoms with E-state index >= 15 is 0 Å². The number of nitriles is 1. The van der Waals surface area contributed by atoms with Crippen LogP contribution in [0.4, 0.5) is 10.1 Å². The van der Waals surface area contributed by atoms with Crippen LogP contribution in [0.15, 0.2) is 36.4 Å². The minimum atomic E-state index is -0.355. The number of hydrogen-bond donors (Lipinski definition) is 1. The van der Waals surface area contributed by atoms with Crippen LogP contribution < -0.4 is 5.32 Å². The Bertz CT molecular complexity index is 627. The molecule has 2 aromatic rings. The number of anilines is 1. The van der Waals surface area contributed by atoms with E-state index in [0.29, 0.717) is 21.8 Å². The predicted molar refractivity (Wildman–Crippen MR) is 74.6 cm³/mol. The Labute approximate surface area is 116 Å². The van der Waals surface area contributed by atoms with E-state index in [-0.39, 0.29) is 12.4 Å². The van der Waals surface area contributed by atoms with E-state index in [9.17, 15) is 4.39 Å². The van der Waals surface area contributed by atoms with Gasteiger partial charge in [-0.1, -0.05) is 29.8 Å². The second kappa shape index (κ2) is 5.73.